The number of rotatable bonds is 5. The lowest BCUT2D eigenvalue weighted by atomic mass is 9.87. The number of hydrogen-bond acceptors (Lipinski definition) is 7. The monoisotopic (exact) mass is 524 g/mol. The Morgan fingerprint density at radius 3 is 2.60 bits per heavy atom. The van der Waals surface area contributed by atoms with Crippen molar-refractivity contribution in [1.82, 2.24) is 14.5 Å². The Morgan fingerprint density at radius 1 is 1.31 bits per heavy atom. The molecule has 1 aliphatic rings. The molecule has 1 unspecified atom stereocenters. The number of aromatic carboxylic acids is 1. The van der Waals surface area contributed by atoms with Crippen molar-refractivity contribution in [3.05, 3.63) is 73.8 Å². The highest BCUT2D eigenvalue weighted by atomic mass is 35.5. The standard InChI is InChI=1S/C22H22ClFN4O6S/c1-10-5-6-15(24)17(11(10)2)12(3)18(20-25-26-22(31)34-20)28-9-27(4)16-8-13(23)7-14(21(29)30)19(16)35(28,32)33/h5-8,12,18H,9H2,1-4H3,(H,26,31)(H,29,30)/t12?,18-/m0/s1. The Hall–Kier alpha value is -3.22. The molecule has 0 bridgehead atoms. The normalized spacial score (nSPS) is 17.1. The van der Waals surface area contributed by atoms with E-state index in [1.807, 2.05) is 0 Å². The lowest BCUT2D eigenvalue weighted by Gasteiger charge is -2.41. The van der Waals surface area contributed by atoms with Crippen LogP contribution in [-0.2, 0) is 10.0 Å². The minimum Gasteiger partial charge on any atom is -0.478 e. The van der Waals surface area contributed by atoms with E-state index in [0.29, 0.717) is 5.56 Å². The molecule has 2 aromatic carbocycles. The van der Waals surface area contributed by atoms with E-state index in [4.69, 9.17) is 16.0 Å². The van der Waals surface area contributed by atoms with Gasteiger partial charge in [-0.2, -0.15) is 4.31 Å². The maximum absolute atomic E-state index is 15.1. The molecule has 0 amide bonds. The van der Waals surface area contributed by atoms with Crippen molar-refractivity contribution in [3.8, 4) is 0 Å². The first-order valence-corrected chi connectivity index (χ1v) is 12.3. The number of sulfonamides is 1. The van der Waals surface area contributed by atoms with Crippen molar-refractivity contribution in [2.24, 2.45) is 0 Å². The van der Waals surface area contributed by atoms with Crippen LogP contribution in [0.15, 0.2) is 38.4 Å². The highest BCUT2D eigenvalue weighted by molar-refractivity contribution is 7.89. The summed E-state index contributed by atoms with van der Waals surface area (Å²) in [7, 11) is -2.96. The first kappa shape index (κ1) is 24.9. The zero-order valence-corrected chi connectivity index (χ0v) is 20.7. The van der Waals surface area contributed by atoms with Gasteiger partial charge in [-0.3, -0.25) is 0 Å². The van der Waals surface area contributed by atoms with Gasteiger partial charge in [0.25, 0.3) is 0 Å². The Bertz CT molecular complexity index is 1500. The lowest BCUT2D eigenvalue weighted by molar-refractivity contribution is 0.0692. The number of fused-ring (bicyclic) bond motifs is 1. The SMILES string of the molecule is Cc1ccc(F)c(C(C)[C@@H](c2n[nH]c(=O)o2)N2CN(C)c3cc(Cl)cc(C(=O)O)c3S2(=O)=O)c1C. The van der Waals surface area contributed by atoms with Crippen LogP contribution >= 0.6 is 11.6 Å². The Balaban J connectivity index is 1.98. The Kier molecular flexibility index (Phi) is 6.24. The van der Waals surface area contributed by atoms with Crippen LogP contribution in [0.25, 0.3) is 0 Å². The molecular weight excluding hydrogens is 503 g/mol. The second-order valence-corrected chi connectivity index (χ2v) is 10.7. The van der Waals surface area contributed by atoms with Crippen molar-refractivity contribution < 1.29 is 27.1 Å². The highest BCUT2D eigenvalue weighted by Gasteiger charge is 2.46. The third kappa shape index (κ3) is 4.11. The van der Waals surface area contributed by atoms with Gasteiger partial charge in [-0.05, 0) is 48.7 Å². The number of carboxylic acids is 1. The van der Waals surface area contributed by atoms with E-state index in [1.165, 1.54) is 17.0 Å². The van der Waals surface area contributed by atoms with Gasteiger partial charge in [0.05, 0.1) is 17.9 Å². The van der Waals surface area contributed by atoms with Crippen LogP contribution in [0.2, 0.25) is 5.02 Å². The molecule has 186 valence electrons. The molecule has 2 atom stereocenters. The molecule has 1 aliphatic heterocycles. The second-order valence-electron chi connectivity index (χ2n) is 8.43. The number of aromatic amines is 1. The molecule has 0 fully saturated rings. The van der Waals surface area contributed by atoms with E-state index >= 15 is 4.39 Å². The molecule has 0 aliphatic carbocycles. The summed E-state index contributed by atoms with van der Waals surface area (Å²) >= 11 is 6.06. The number of H-pyrrole nitrogens is 1. The first-order chi connectivity index (χ1) is 16.3. The quantitative estimate of drug-likeness (QED) is 0.518. The van der Waals surface area contributed by atoms with Crippen LogP contribution in [0.5, 0.6) is 0 Å². The highest BCUT2D eigenvalue weighted by Crippen LogP contribution is 2.45. The maximum Gasteiger partial charge on any atom is 0.434 e. The number of nitrogens with zero attached hydrogens (tertiary/aromatic N) is 3. The predicted octanol–water partition coefficient (Wildman–Crippen LogP) is 3.41. The van der Waals surface area contributed by atoms with Crippen LogP contribution in [-0.4, -0.2) is 47.7 Å². The maximum atomic E-state index is 15.1. The molecule has 35 heavy (non-hydrogen) atoms. The second kappa shape index (κ2) is 8.77. The number of carbonyl (C=O) groups is 1. The predicted molar refractivity (Wildman–Crippen MR) is 125 cm³/mol. The number of benzene rings is 2. The number of nitrogens with one attached hydrogen (secondary N) is 1. The number of aromatic nitrogens is 2. The molecule has 2 heterocycles. The number of aryl methyl sites for hydroxylation is 1. The summed E-state index contributed by atoms with van der Waals surface area (Å²) < 4.78 is 49.0. The zero-order chi connectivity index (χ0) is 25.8. The summed E-state index contributed by atoms with van der Waals surface area (Å²) in [5, 5.41) is 15.8. The van der Waals surface area contributed by atoms with E-state index in [0.717, 1.165) is 15.9 Å². The summed E-state index contributed by atoms with van der Waals surface area (Å²) in [4.78, 5) is 24.8. The average Bonchev–Trinajstić information content (AvgIpc) is 3.20. The summed E-state index contributed by atoms with van der Waals surface area (Å²) in [6.45, 7) is 4.82. The number of halogens is 2. The lowest BCUT2D eigenvalue weighted by Crippen LogP contribution is -2.48. The summed E-state index contributed by atoms with van der Waals surface area (Å²) in [6, 6.07) is 4.00. The third-order valence-electron chi connectivity index (χ3n) is 6.27. The van der Waals surface area contributed by atoms with Gasteiger partial charge >= 0.3 is 11.7 Å². The van der Waals surface area contributed by atoms with Gasteiger partial charge in [0, 0.05) is 18.0 Å². The Morgan fingerprint density at radius 2 is 2.00 bits per heavy atom. The average molecular weight is 525 g/mol. The fraction of sp³-hybridized carbons (Fsp3) is 0.318. The van der Waals surface area contributed by atoms with Crippen molar-refractivity contribution in [1.29, 1.82) is 0 Å². The minimum absolute atomic E-state index is 0.0531. The molecule has 3 aromatic rings. The molecule has 1 aromatic heterocycles. The number of hydrogen-bond donors (Lipinski definition) is 2. The van der Waals surface area contributed by atoms with Gasteiger partial charge in [0.15, 0.2) is 0 Å². The van der Waals surface area contributed by atoms with Crippen molar-refractivity contribution >= 4 is 33.3 Å². The molecule has 0 saturated carbocycles. The van der Waals surface area contributed by atoms with Gasteiger partial charge < -0.3 is 14.4 Å². The molecule has 10 nitrogen and oxygen atoms in total. The van der Waals surface area contributed by atoms with Crippen LogP contribution in [0, 0.1) is 19.7 Å². The van der Waals surface area contributed by atoms with Crippen molar-refractivity contribution in [3.63, 3.8) is 0 Å². The molecule has 4 rings (SSSR count). The van der Waals surface area contributed by atoms with Gasteiger partial charge in [0.1, 0.15) is 16.8 Å². The number of carboxylic acid groups (broad SMARTS) is 1. The minimum atomic E-state index is -4.52. The van der Waals surface area contributed by atoms with Gasteiger partial charge in [-0.15, -0.1) is 5.10 Å². The van der Waals surface area contributed by atoms with E-state index in [9.17, 15) is 23.1 Å². The zero-order valence-electron chi connectivity index (χ0n) is 19.2. The molecular formula is C22H22ClFN4O6S. The van der Waals surface area contributed by atoms with Gasteiger partial charge in [0.2, 0.25) is 15.9 Å². The molecule has 13 heteroatoms. The van der Waals surface area contributed by atoms with Crippen LogP contribution in [0.1, 0.15) is 51.8 Å². The Labute approximate surface area is 205 Å². The van der Waals surface area contributed by atoms with Gasteiger partial charge in [-0.25, -0.2) is 27.5 Å². The molecule has 0 radical (unpaired) electrons. The van der Waals surface area contributed by atoms with E-state index in [1.54, 1.807) is 33.9 Å². The topological polar surface area (TPSA) is 137 Å². The summed E-state index contributed by atoms with van der Waals surface area (Å²) in [5.41, 5.74) is 1.18. The van der Waals surface area contributed by atoms with E-state index in [-0.39, 0.29) is 28.8 Å². The third-order valence-corrected chi connectivity index (χ3v) is 8.40. The summed E-state index contributed by atoms with van der Waals surface area (Å²) in [6.07, 6.45) is 0. The number of anilines is 1. The van der Waals surface area contributed by atoms with Crippen LogP contribution < -0.4 is 10.7 Å². The van der Waals surface area contributed by atoms with Crippen molar-refractivity contribution in [2.45, 2.75) is 37.6 Å². The van der Waals surface area contributed by atoms with Crippen LogP contribution in [0.4, 0.5) is 10.1 Å². The van der Waals surface area contributed by atoms with Crippen molar-refractivity contribution in [2.75, 3.05) is 18.6 Å². The molecule has 0 spiro atoms. The molecule has 2 N–H and O–H groups in total. The van der Waals surface area contributed by atoms with E-state index in [2.05, 4.69) is 10.2 Å². The van der Waals surface area contributed by atoms with Crippen LogP contribution in [0.3, 0.4) is 0 Å². The first-order valence-electron chi connectivity index (χ1n) is 10.5. The fourth-order valence-corrected chi connectivity index (χ4v) is 6.73. The smallest absolute Gasteiger partial charge is 0.434 e. The molecule has 0 saturated heterocycles. The fourth-order valence-electron chi connectivity index (χ4n) is 4.48. The van der Waals surface area contributed by atoms with E-state index < -0.39 is 50.0 Å². The summed E-state index contributed by atoms with van der Waals surface area (Å²) in [5.74, 6) is -4.13. The largest absolute Gasteiger partial charge is 0.478 e. The van der Waals surface area contributed by atoms with Gasteiger partial charge in [-0.1, -0.05) is 24.6 Å².